The minimum absolute atomic E-state index is 0.000841. The van der Waals surface area contributed by atoms with Crippen molar-refractivity contribution in [3.05, 3.63) is 46.5 Å². The van der Waals surface area contributed by atoms with E-state index in [4.69, 9.17) is 24.1 Å². The zero-order valence-corrected chi connectivity index (χ0v) is 21.6. The van der Waals surface area contributed by atoms with Crippen LogP contribution in [0.15, 0.2) is 35.4 Å². The van der Waals surface area contributed by atoms with Gasteiger partial charge >= 0.3 is 11.9 Å². The number of carboxylic acids is 1. The fourth-order valence-electron chi connectivity index (χ4n) is 10.1. The summed E-state index contributed by atoms with van der Waals surface area (Å²) in [4.78, 5) is 23.5. The lowest BCUT2D eigenvalue weighted by molar-refractivity contribution is -0.384. The van der Waals surface area contributed by atoms with Crippen molar-refractivity contribution in [1.82, 2.24) is 0 Å². The molecule has 1 aromatic rings. The van der Waals surface area contributed by atoms with Crippen molar-refractivity contribution in [2.75, 3.05) is 6.61 Å². The van der Waals surface area contributed by atoms with Crippen molar-refractivity contribution in [2.24, 2.45) is 28.6 Å². The quantitative estimate of drug-likeness (QED) is 0.463. The molecule has 7 heteroatoms. The van der Waals surface area contributed by atoms with Crippen LogP contribution in [0.4, 0.5) is 0 Å². The van der Waals surface area contributed by atoms with E-state index < -0.39 is 5.97 Å². The van der Waals surface area contributed by atoms with E-state index in [1.54, 1.807) is 0 Å². The average Bonchev–Trinajstić information content (AvgIpc) is 3.71. The highest BCUT2D eigenvalue weighted by molar-refractivity contribution is 5.92. The van der Waals surface area contributed by atoms with Crippen molar-refractivity contribution >= 4 is 11.9 Å². The summed E-state index contributed by atoms with van der Waals surface area (Å²) in [5.41, 5.74) is 3.27. The topological polar surface area (TPSA) is 94.6 Å². The second-order valence-corrected chi connectivity index (χ2v) is 13.1. The number of carbonyl (C=O) groups is 2. The highest BCUT2D eigenvalue weighted by Gasteiger charge is 2.96. The lowest BCUT2D eigenvalue weighted by atomic mass is 9.40. The average molecular weight is 507 g/mol. The van der Waals surface area contributed by atoms with Crippen LogP contribution >= 0.6 is 0 Å². The van der Waals surface area contributed by atoms with Crippen LogP contribution in [0, 0.1) is 28.6 Å². The first-order valence-corrected chi connectivity index (χ1v) is 13.8. The summed E-state index contributed by atoms with van der Waals surface area (Å²) in [5, 5.41) is 9.08. The molecule has 4 heterocycles. The molecule has 196 valence electrons. The smallest absolute Gasteiger partial charge is 0.334 e. The first-order chi connectivity index (χ1) is 17.7. The monoisotopic (exact) mass is 506 g/mol. The molecule has 0 amide bonds. The number of ether oxygens (including phenoxy) is 4. The van der Waals surface area contributed by atoms with Crippen LogP contribution in [0.3, 0.4) is 0 Å². The van der Waals surface area contributed by atoms with Crippen LogP contribution < -0.4 is 0 Å². The molecule has 0 aromatic heterocycles. The Hall–Kier alpha value is -2.22. The van der Waals surface area contributed by atoms with Gasteiger partial charge in [0.2, 0.25) is 0 Å². The van der Waals surface area contributed by atoms with Gasteiger partial charge in [-0.3, -0.25) is 4.79 Å². The second kappa shape index (κ2) is 6.85. The predicted molar refractivity (Wildman–Crippen MR) is 130 cm³/mol. The molecule has 3 saturated heterocycles. The van der Waals surface area contributed by atoms with E-state index in [9.17, 15) is 9.59 Å². The van der Waals surface area contributed by atoms with E-state index in [0.29, 0.717) is 25.0 Å². The van der Waals surface area contributed by atoms with Gasteiger partial charge in [0, 0.05) is 23.3 Å². The molecule has 37 heavy (non-hydrogen) atoms. The van der Waals surface area contributed by atoms with Gasteiger partial charge in [-0.25, -0.2) is 4.79 Å². The molecule has 1 unspecified atom stereocenters. The molecule has 1 N–H and O–H groups in total. The Morgan fingerprint density at radius 1 is 1.16 bits per heavy atom. The summed E-state index contributed by atoms with van der Waals surface area (Å²) in [7, 11) is 0. The van der Waals surface area contributed by atoms with Gasteiger partial charge in [-0.15, -0.1) is 0 Å². The summed E-state index contributed by atoms with van der Waals surface area (Å²) in [6.07, 6.45) is 3.99. The Morgan fingerprint density at radius 3 is 2.59 bits per heavy atom. The molecule has 7 nitrogen and oxygen atoms in total. The Morgan fingerprint density at radius 2 is 1.89 bits per heavy atom. The number of rotatable bonds is 6. The second-order valence-electron chi connectivity index (χ2n) is 13.1. The van der Waals surface area contributed by atoms with Gasteiger partial charge in [-0.2, -0.15) is 0 Å². The molecule has 2 bridgehead atoms. The third-order valence-corrected chi connectivity index (χ3v) is 11.6. The summed E-state index contributed by atoms with van der Waals surface area (Å²) in [6, 6.07) is 7.69. The number of esters is 1. The number of epoxide rings is 1. The Labute approximate surface area is 216 Å². The number of cyclic esters (lactones) is 1. The number of carbonyl (C=O) groups excluding carboxylic acids is 1. The van der Waals surface area contributed by atoms with Gasteiger partial charge < -0.3 is 24.1 Å². The SMILES string of the molecule is CC(C)[C@]12O[C@H]1[C@@H]1C[C@@]13[C@@]1(C)CCC4=C(COC4=O)[C@@H]1C1C[C@@]3(O1)[C@@H]2OCc1ccc(CC(=O)O)cc1. The Bertz CT molecular complexity index is 1260. The van der Waals surface area contributed by atoms with Gasteiger partial charge in [0.05, 0.1) is 25.2 Å². The molecule has 8 aliphatic rings. The third-order valence-electron chi connectivity index (χ3n) is 11.6. The van der Waals surface area contributed by atoms with E-state index in [-0.39, 0.29) is 58.7 Å². The van der Waals surface area contributed by atoms with Gasteiger partial charge in [0.1, 0.15) is 23.9 Å². The summed E-state index contributed by atoms with van der Waals surface area (Å²) >= 11 is 0. The van der Waals surface area contributed by atoms with Crippen LogP contribution in [0.25, 0.3) is 0 Å². The number of hydrogen-bond acceptors (Lipinski definition) is 6. The molecule has 4 aliphatic carbocycles. The first kappa shape index (κ1) is 22.7. The number of carboxylic acid groups (broad SMARTS) is 1. The van der Waals surface area contributed by atoms with Crippen LogP contribution in [-0.2, 0) is 41.6 Å². The third kappa shape index (κ3) is 2.46. The lowest BCUT2D eigenvalue weighted by Gasteiger charge is -2.73. The van der Waals surface area contributed by atoms with E-state index in [1.807, 2.05) is 24.3 Å². The lowest BCUT2D eigenvalue weighted by Crippen LogP contribution is -2.80. The van der Waals surface area contributed by atoms with Crippen LogP contribution in [-0.4, -0.2) is 53.2 Å². The number of benzene rings is 1. The zero-order valence-electron chi connectivity index (χ0n) is 21.6. The van der Waals surface area contributed by atoms with Gasteiger partial charge in [0.25, 0.3) is 0 Å². The summed E-state index contributed by atoms with van der Waals surface area (Å²) < 4.78 is 26.1. The number of fused-ring (bicyclic) bond motifs is 2. The fraction of sp³-hybridized carbons (Fsp3) is 0.667. The Balaban J connectivity index is 1.15. The maximum atomic E-state index is 12.4. The van der Waals surface area contributed by atoms with Crippen molar-refractivity contribution in [3.8, 4) is 0 Å². The molecular weight excluding hydrogens is 472 g/mol. The van der Waals surface area contributed by atoms with Crippen LogP contribution in [0.2, 0.25) is 0 Å². The summed E-state index contributed by atoms with van der Waals surface area (Å²) in [5.74, 6) is 0.0661. The molecule has 3 saturated carbocycles. The molecule has 6 fully saturated rings. The van der Waals surface area contributed by atoms with Crippen LogP contribution in [0.5, 0.6) is 0 Å². The minimum atomic E-state index is -0.828. The molecular formula is C30H34O7. The van der Waals surface area contributed by atoms with Gasteiger partial charge in [-0.05, 0) is 53.2 Å². The van der Waals surface area contributed by atoms with Crippen molar-refractivity contribution in [2.45, 2.75) is 89.0 Å². The fourth-order valence-corrected chi connectivity index (χ4v) is 10.1. The maximum absolute atomic E-state index is 12.4. The number of aliphatic carboxylic acids is 1. The molecule has 1 aromatic carbocycles. The highest BCUT2D eigenvalue weighted by Crippen LogP contribution is 2.89. The van der Waals surface area contributed by atoms with Gasteiger partial charge in [0.15, 0.2) is 0 Å². The van der Waals surface area contributed by atoms with Gasteiger partial charge in [-0.1, -0.05) is 45.0 Å². The molecule has 9 rings (SSSR count). The van der Waals surface area contributed by atoms with E-state index >= 15 is 0 Å². The van der Waals surface area contributed by atoms with E-state index in [2.05, 4.69) is 20.8 Å². The molecule has 0 radical (unpaired) electrons. The Kier molecular flexibility index (Phi) is 4.21. The first-order valence-electron chi connectivity index (χ1n) is 13.8. The molecule has 9 atom stereocenters. The van der Waals surface area contributed by atoms with E-state index in [1.165, 1.54) is 5.57 Å². The highest BCUT2D eigenvalue weighted by atomic mass is 16.7. The van der Waals surface area contributed by atoms with Crippen LogP contribution in [0.1, 0.15) is 57.6 Å². The normalized spacial score (nSPS) is 47.7. The largest absolute Gasteiger partial charge is 0.481 e. The van der Waals surface area contributed by atoms with E-state index in [0.717, 1.165) is 42.4 Å². The van der Waals surface area contributed by atoms with Crippen molar-refractivity contribution < 1.29 is 33.6 Å². The van der Waals surface area contributed by atoms with Crippen molar-refractivity contribution in [3.63, 3.8) is 0 Å². The molecule has 2 spiro atoms. The zero-order chi connectivity index (χ0) is 25.5. The number of hydrogen-bond donors (Lipinski definition) is 1. The maximum Gasteiger partial charge on any atom is 0.334 e. The van der Waals surface area contributed by atoms with Crippen molar-refractivity contribution in [1.29, 1.82) is 0 Å². The minimum Gasteiger partial charge on any atom is -0.481 e. The predicted octanol–water partition coefficient (Wildman–Crippen LogP) is 3.82. The standard InChI is InChI=1S/C30H34O7/c1-15(2)30-24(37-30)20-11-28(20)27(3)9-8-18-19(14-34-25(18)33)23(27)21-12-29(28,36-21)26(30)35-13-17-6-4-16(5-7-17)10-22(31)32/h4-7,15,20-21,23-24,26H,8-14H2,1-3H3,(H,31,32)/t20-,21?,23+,24-,26-,27-,28-,29+,30-/m0/s1. The molecule has 4 aliphatic heterocycles. The summed E-state index contributed by atoms with van der Waals surface area (Å²) in [6.45, 7) is 7.81.